The Balaban J connectivity index is 1.94. The highest BCUT2D eigenvalue weighted by molar-refractivity contribution is 5.98. The van der Waals surface area contributed by atoms with Crippen LogP contribution >= 0.6 is 0 Å². The van der Waals surface area contributed by atoms with Gasteiger partial charge in [0.25, 0.3) is 5.56 Å². The van der Waals surface area contributed by atoms with Crippen LogP contribution in [0.1, 0.15) is 38.7 Å². The molecule has 0 radical (unpaired) electrons. The fourth-order valence-electron chi connectivity index (χ4n) is 3.93. The summed E-state index contributed by atoms with van der Waals surface area (Å²) in [5.41, 5.74) is 6.11. The Bertz CT molecular complexity index is 1050. The van der Waals surface area contributed by atoms with Crippen LogP contribution in [0, 0.1) is 5.82 Å². The second-order valence-electron chi connectivity index (χ2n) is 7.41. The third kappa shape index (κ3) is 4.10. The van der Waals surface area contributed by atoms with Crippen LogP contribution in [0.2, 0.25) is 0 Å². The molecule has 9 heteroatoms. The molecule has 0 saturated heterocycles. The van der Waals surface area contributed by atoms with Crippen molar-refractivity contribution in [2.24, 2.45) is 0 Å². The molecule has 3 rings (SSSR count). The first-order chi connectivity index (χ1) is 14.4. The average Bonchev–Trinajstić information content (AvgIpc) is 2.71. The quantitative estimate of drug-likeness (QED) is 0.716. The zero-order chi connectivity index (χ0) is 21.8. The van der Waals surface area contributed by atoms with Crippen molar-refractivity contribution in [2.45, 2.75) is 46.1 Å². The van der Waals surface area contributed by atoms with Crippen molar-refractivity contribution in [3.8, 4) is 0 Å². The molecule has 0 fully saturated rings. The van der Waals surface area contributed by atoms with E-state index >= 15 is 0 Å². The SMILES string of the molecule is CCCCn1c(N)c(N(CC)C(=O)CN2CCCc3cccc(F)c32)c(=O)[nH]c1=O. The molecule has 1 amide bonds. The van der Waals surface area contributed by atoms with E-state index in [0.717, 1.165) is 24.8 Å². The normalized spacial score (nSPS) is 13.2. The van der Waals surface area contributed by atoms with Crippen molar-refractivity contribution in [1.82, 2.24) is 9.55 Å². The van der Waals surface area contributed by atoms with Gasteiger partial charge in [-0.2, -0.15) is 0 Å². The second kappa shape index (κ2) is 9.15. The predicted octanol–water partition coefficient (Wildman–Crippen LogP) is 1.86. The molecule has 0 atom stereocenters. The van der Waals surface area contributed by atoms with Crippen LogP contribution in [0.5, 0.6) is 0 Å². The minimum atomic E-state index is -0.703. The third-order valence-corrected chi connectivity index (χ3v) is 5.42. The van der Waals surface area contributed by atoms with Crippen molar-refractivity contribution in [1.29, 1.82) is 0 Å². The van der Waals surface area contributed by atoms with Crippen LogP contribution in [-0.2, 0) is 17.8 Å². The van der Waals surface area contributed by atoms with Crippen LogP contribution in [0.3, 0.4) is 0 Å². The third-order valence-electron chi connectivity index (χ3n) is 5.42. The van der Waals surface area contributed by atoms with E-state index < -0.39 is 11.2 Å². The molecule has 0 unspecified atom stereocenters. The van der Waals surface area contributed by atoms with Crippen molar-refractivity contribution in [3.63, 3.8) is 0 Å². The number of H-pyrrole nitrogens is 1. The summed E-state index contributed by atoms with van der Waals surface area (Å²) in [6.45, 7) is 4.69. The first-order valence-electron chi connectivity index (χ1n) is 10.3. The standard InChI is InChI=1S/C21H28FN5O3/c1-3-5-12-27-19(23)18(20(29)24-21(27)30)26(4-2)16(28)13-25-11-7-9-14-8-6-10-15(22)17(14)25/h6,8,10H,3-5,7,9,11-13,23H2,1-2H3,(H,24,29,30). The monoisotopic (exact) mass is 417 g/mol. The first kappa shape index (κ1) is 21.6. The van der Waals surface area contributed by atoms with Crippen LogP contribution in [0.25, 0.3) is 0 Å². The van der Waals surface area contributed by atoms with E-state index in [0.29, 0.717) is 25.2 Å². The zero-order valence-corrected chi connectivity index (χ0v) is 17.4. The number of nitrogens with one attached hydrogen (secondary N) is 1. The number of benzene rings is 1. The molecule has 2 heterocycles. The summed E-state index contributed by atoms with van der Waals surface area (Å²) in [7, 11) is 0. The molecule has 3 N–H and O–H groups in total. The van der Waals surface area contributed by atoms with E-state index in [1.54, 1.807) is 17.9 Å². The summed E-state index contributed by atoms with van der Waals surface area (Å²) in [5, 5.41) is 0. The number of hydrogen-bond donors (Lipinski definition) is 2. The minimum Gasteiger partial charge on any atom is -0.383 e. The van der Waals surface area contributed by atoms with E-state index in [2.05, 4.69) is 4.98 Å². The molecule has 1 aliphatic rings. The number of carbonyl (C=O) groups is 1. The number of aromatic nitrogens is 2. The number of anilines is 3. The molecule has 0 bridgehead atoms. The second-order valence-corrected chi connectivity index (χ2v) is 7.41. The molecular formula is C21H28FN5O3. The minimum absolute atomic E-state index is 0.0300. The van der Waals surface area contributed by atoms with E-state index in [1.807, 2.05) is 13.0 Å². The fourth-order valence-corrected chi connectivity index (χ4v) is 3.93. The molecular weight excluding hydrogens is 389 g/mol. The van der Waals surface area contributed by atoms with E-state index in [-0.39, 0.29) is 36.3 Å². The summed E-state index contributed by atoms with van der Waals surface area (Å²) in [6, 6.07) is 4.90. The lowest BCUT2D eigenvalue weighted by Gasteiger charge is -2.33. The van der Waals surface area contributed by atoms with Gasteiger partial charge in [-0.1, -0.05) is 25.5 Å². The molecule has 1 aromatic heterocycles. The fraction of sp³-hybridized carbons (Fsp3) is 0.476. The maximum atomic E-state index is 14.4. The highest BCUT2D eigenvalue weighted by atomic mass is 19.1. The van der Waals surface area contributed by atoms with Gasteiger partial charge in [0.2, 0.25) is 5.91 Å². The number of nitrogen functional groups attached to an aromatic ring is 1. The van der Waals surface area contributed by atoms with Crippen LogP contribution < -0.4 is 26.8 Å². The lowest BCUT2D eigenvalue weighted by atomic mass is 10.0. The Morgan fingerprint density at radius 2 is 2.07 bits per heavy atom. The van der Waals surface area contributed by atoms with Gasteiger partial charge in [0.15, 0.2) is 5.69 Å². The van der Waals surface area contributed by atoms with Crippen molar-refractivity contribution < 1.29 is 9.18 Å². The van der Waals surface area contributed by atoms with Gasteiger partial charge < -0.3 is 15.5 Å². The summed E-state index contributed by atoms with van der Waals surface area (Å²) < 4.78 is 15.7. The molecule has 1 aliphatic heterocycles. The molecule has 0 saturated carbocycles. The summed E-state index contributed by atoms with van der Waals surface area (Å²) in [6.07, 6.45) is 3.11. The number of halogens is 1. The number of para-hydroxylation sites is 1. The number of fused-ring (bicyclic) bond motifs is 1. The number of carbonyl (C=O) groups excluding carboxylic acids is 1. The number of likely N-dealkylation sites (N-methyl/N-ethyl adjacent to an activating group) is 1. The van der Waals surface area contributed by atoms with Crippen molar-refractivity contribution >= 4 is 23.1 Å². The number of unbranched alkanes of at least 4 members (excludes halogenated alkanes) is 1. The van der Waals surface area contributed by atoms with E-state index in [1.165, 1.54) is 15.5 Å². The van der Waals surface area contributed by atoms with Crippen LogP contribution in [0.4, 0.5) is 21.6 Å². The predicted molar refractivity (Wildman–Crippen MR) is 116 cm³/mol. The number of rotatable bonds is 7. The van der Waals surface area contributed by atoms with Gasteiger partial charge in [-0.15, -0.1) is 0 Å². The first-order valence-corrected chi connectivity index (χ1v) is 10.3. The number of nitrogens with zero attached hydrogens (tertiary/aromatic N) is 3. The van der Waals surface area contributed by atoms with E-state index in [9.17, 15) is 18.8 Å². The number of amides is 1. The number of aryl methyl sites for hydroxylation is 1. The van der Waals surface area contributed by atoms with Gasteiger partial charge in [-0.3, -0.25) is 19.1 Å². The highest BCUT2D eigenvalue weighted by Crippen LogP contribution is 2.30. The van der Waals surface area contributed by atoms with Gasteiger partial charge in [0.05, 0.1) is 12.2 Å². The van der Waals surface area contributed by atoms with E-state index in [4.69, 9.17) is 5.73 Å². The largest absolute Gasteiger partial charge is 0.383 e. The molecule has 0 spiro atoms. The molecule has 2 aromatic rings. The molecule has 162 valence electrons. The molecule has 30 heavy (non-hydrogen) atoms. The Kier molecular flexibility index (Phi) is 6.59. The Hall–Kier alpha value is -3.10. The molecule has 1 aromatic carbocycles. The van der Waals surface area contributed by atoms with Gasteiger partial charge in [0, 0.05) is 19.6 Å². The maximum Gasteiger partial charge on any atom is 0.330 e. The van der Waals surface area contributed by atoms with Crippen LogP contribution in [0.15, 0.2) is 27.8 Å². The van der Waals surface area contributed by atoms with Crippen molar-refractivity contribution in [3.05, 3.63) is 50.4 Å². The topological polar surface area (TPSA) is 104 Å². The summed E-state index contributed by atoms with van der Waals surface area (Å²) in [4.78, 5) is 43.1. The number of nitrogens with two attached hydrogens (primary N) is 1. The zero-order valence-electron chi connectivity index (χ0n) is 17.4. The number of hydrogen-bond acceptors (Lipinski definition) is 5. The lowest BCUT2D eigenvalue weighted by molar-refractivity contribution is -0.117. The molecule has 0 aliphatic carbocycles. The number of aromatic amines is 1. The smallest absolute Gasteiger partial charge is 0.330 e. The Morgan fingerprint density at radius 3 is 2.77 bits per heavy atom. The summed E-state index contributed by atoms with van der Waals surface area (Å²) in [5.74, 6) is -0.780. The van der Waals surface area contributed by atoms with Gasteiger partial charge in [-0.05, 0) is 37.8 Å². The Morgan fingerprint density at radius 1 is 1.30 bits per heavy atom. The summed E-state index contributed by atoms with van der Waals surface area (Å²) >= 11 is 0. The van der Waals surface area contributed by atoms with Gasteiger partial charge in [0.1, 0.15) is 11.6 Å². The van der Waals surface area contributed by atoms with Crippen molar-refractivity contribution in [2.75, 3.05) is 35.2 Å². The van der Waals surface area contributed by atoms with Crippen LogP contribution in [-0.4, -0.2) is 35.1 Å². The lowest BCUT2D eigenvalue weighted by Crippen LogP contribution is -2.46. The average molecular weight is 417 g/mol. The highest BCUT2D eigenvalue weighted by Gasteiger charge is 2.27. The van der Waals surface area contributed by atoms with Gasteiger partial charge >= 0.3 is 5.69 Å². The molecule has 8 nitrogen and oxygen atoms in total. The van der Waals surface area contributed by atoms with Gasteiger partial charge in [-0.25, -0.2) is 9.18 Å². The maximum absolute atomic E-state index is 14.4. The Labute approximate surface area is 174 Å².